The van der Waals surface area contributed by atoms with E-state index in [9.17, 15) is 0 Å². The topological polar surface area (TPSA) is 38.9 Å². The Morgan fingerprint density at radius 1 is 1.44 bits per heavy atom. The van der Waals surface area contributed by atoms with Crippen molar-refractivity contribution in [1.29, 1.82) is 0 Å². The monoisotopic (exact) mass is 252 g/mol. The van der Waals surface area contributed by atoms with E-state index in [2.05, 4.69) is 4.98 Å². The fraction of sp³-hybridized carbons (Fsp3) is 0.250. The molecule has 1 atom stereocenters. The molecule has 2 aromatic rings. The van der Waals surface area contributed by atoms with Crippen LogP contribution in [-0.2, 0) is 6.42 Å². The van der Waals surface area contributed by atoms with Gasteiger partial charge in [-0.15, -0.1) is 11.3 Å². The van der Waals surface area contributed by atoms with Crippen LogP contribution in [0.5, 0.6) is 0 Å². The Bertz CT molecular complexity index is 467. The molecule has 0 aliphatic rings. The van der Waals surface area contributed by atoms with Crippen LogP contribution in [0.1, 0.15) is 22.0 Å². The zero-order chi connectivity index (χ0) is 11.5. The maximum atomic E-state index is 6.19. The van der Waals surface area contributed by atoms with E-state index in [1.54, 1.807) is 23.7 Å². The quantitative estimate of drug-likeness (QED) is 0.910. The first kappa shape index (κ1) is 11.6. The fourth-order valence-electron chi connectivity index (χ4n) is 1.57. The number of aromatic nitrogens is 1. The molecular formula is C12H13ClN2S. The molecule has 2 aromatic heterocycles. The Balaban J connectivity index is 2.15. The predicted molar refractivity (Wildman–Crippen MR) is 68.9 cm³/mol. The van der Waals surface area contributed by atoms with Gasteiger partial charge in [-0.2, -0.15) is 0 Å². The third kappa shape index (κ3) is 2.43. The molecular weight excluding hydrogens is 240 g/mol. The first-order valence-corrected chi connectivity index (χ1v) is 6.32. The minimum atomic E-state index is -0.0337. The third-order valence-corrected chi connectivity index (χ3v) is 4.31. The van der Waals surface area contributed by atoms with Crippen LogP contribution in [0.2, 0.25) is 5.02 Å². The van der Waals surface area contributed by atoms with E-state index in [1.165, 1.54) is 5.56 Å². The average Bonchev–Trinajstić information content (AvgIpc) is 2.61. The lowest BCUT2D eigenvalue weighted by Crippen LogP contribution is -2.12. The molecule has 0 radical (unpaired) electrons. The molecule has 0 bridgehead atoms. The van der Waals surface area contributed by atoms with Gasteiger partial charge in [0, 0.05) is 23.3 Å². The van der Waals surface area contributed by atoms with Gasteiger partial charge in [0.15, 0.2) is 0 Å². The van der Waals surface area contributed by atoms with Crippen LogP contribution in [0.15, 0.2) is 29.9 Å². The van der Waals surface area contributed by atoms with E-state index in [4.69, 9.17) is 17.3 Å². The number of aryl methyl sites for hydroxylation is 1. The summed E-state index contributed by atoms with van der Waals surface area (Å²) in [5, 5.41) is 2.86. The van der Waals surface area contributed by atoms with Crippen molar-refractivity contribution in [2.45, 2.75) is 19.4 Å². The number of pyridine rings is 1. The maximum absolute atomic E-state index is 6.19. The number of thiophene rings is 1. The second-order valence-corrected chi connectivity index (χ2v) is 5.05. The van der Waals surface area contributed by atoms with Gasteiger partial charge in [0.25, 0.3) is 0 Å². The van der Waals surface area contributed by atoms with E-state index in [-0.39, 0.29) is 6.04 Å². The van der Waals surface area contributed by atoms with Gasteiger partial charge in [0.1, 0.15) is 0 Å². The van der Waals surface area contributed by atoms with Gasteiger partial charge < -0.3 is 5.73 Å². The molecule has 0 fully saturated rings. The van der Waals surface area contributed by atoms with Crippen molar-refractivity contribution in [2.24, 2.45) is 5.73 Å². The van der Waals surface area contributed by atoms with E-state index < -0.39 is 0 Å². The molecule has 0 saturated carbocycles. The van der Waals surface area contributed by atoms with Crippen molar-refractivity contribution in [3.05, 3.63) is 50.9 Å². The van der Waals surface area contributed by atoms with Crippen LogP contribution in [0.3, 0.4) is 0 Å². The highest BCUT2D eigenvalue weighted by atomic mass is 35.5. The lowest BCUT2D eigenvalue weighted by atomic mass is 10.1. The first-order valence-electron chi connectivity index (χ1n) is 5.06. The highest BCUT2D eigenvalue weighted by Crippen LogP contribution is 2.32. The summed E-state index contributed by atoms with van der Waals surface area (Å²) in [5.74, 6) is 0. The Morgan fingerprint density at radius 3 is 2.69 bits per heavy atom. The molecule has 2 rings (SSSR count). The smallest absolute Gasteiger partial charge is 0.0590 e. The van der Waals surface area contributed by atoms with Crippen LogP contribution >= 0.6 is 22.9 Å². The normalized spacial score (nSPS) is 12.7. The standard InChI is InChI=1S/C12H13ClN2S/c1-8-7-16-12(11(8)13)10(14)6-9-2-4-15-5-3-9/h2-5,7,10H,6,14H2,1H3. The van der Waals surface area contributed by atoms with Gasteiger partial charge in [-0.25, -0.2) is 0 Å². The van der Waals surface area contributed by atoms with Gasteiger partial charge >= 0.3 is 0 Å². The van der Waals surface area contributed by atoms with E-state index >= 15 is 0 Å². The molecule has 16 heavy (non-hydrogen) atoms. The molecule has 0 aromatic carbocycles. The van der Waals surface area contributed by atoms with Crippen LogP contribution < -0.4 is 5.73 Å². The summed E-state index contributed by atoms with van der Waals surface area (Å²) in [7, 11) is 0. The van der Waals surface area contributed by atoms with Crippen LogP contribution in [0, 0.1) is 6.92 Å². The van der Waals surface area contributed by atoms with Crippen LogP contribution in [-0.4, -0.2) is 4.98 Å². The van der Waals surface area contributed by atoms with Crippen molar-refractivity contribution >= 4 is 22.9 Å². The van der Waals surface area contributed by atoms with E-state index in [1.807, 2.05) is 24.4 Å². The molecule has 0 aliphatic carbocycles. The fourth-order valence-corrected chi connectivity index (χ4v) is 2.90. The van der Waals surface area contributed by atoms with Crippen molar-refractivity contribution in [2.75, 3.05) is 0 Å². The highest BCUT2D eigenvalue weighted by molar-refractivity contribution is 7.10. The zero-order valence-electron chi connectivity index (χ0n) is 8.98. The second-order valence-electron chi connectivity index (χ2n) is 3.76. The molecule has 2 heterocycles. The number of rotatable bonds is 3. The number of nitrogens with zero attached hydrogens (tertiary/aromatic N) is 1. The van der Waals surface area contributed by atoms with Crippen molar-refractivity contribution in [1.82, 2.24) is 4.98 Å². The average molecular weight is 253 g/mol. The van der Waals surface area contributed by atoms with Gasteiger partial charge in [-0.3, -0.25) is 4.98 Å². The van der Waals surface area contributed by atoms with Gasteiger partial charge in [0.2, 0.25) is 0 Å². The third-order valence-electron chi connectivity index (χ3n) is 2.47. The molecule has 0 amide bonds. The van der Waals surface area contributed by atoms with Gasteiger partial charge in [-0.05, 0) is 42.0 Å². The van der Waals surface area contributed by atoms with Crippen LogP contribution in [0.4, 0.5) is 0 Å². The van der Waals surface area contributed by atoms with Crippen LogP contribution in [0.25, 0.3) is 0 Å². The predicted octanol–water partition coefficient (Wildman–Crippen LogP) is 3.35. The number of hydrogen-bond donors (Lipinski definition) is 1. The SMILES string of the molecule is Cc1csc(C(N)Cc2ccncc2)c1Cl. The molecule has 0 aliphatic heterocycles. The number of nitrogens with two attached hydrogens (primary N) is 1. The van der Waals surface area contributed by atoms with E-state index in [0.717, 1.165) is 21.9 Å². The molecule has 1 unspecified atom stereocenters. The summed E-state index contributed by atoms with van der Waals surface area (Å²) >= 11 is 7.82. The Labute approximate surface area is 104 Å². The van der Waals surface area contributed by atoms with E-state index in [0.29, 0.717) is 0 Å². The molecule has 0 spiro atoms. The largest absolute Gasteiger partial charge is 0.323 e. The highest BCUT2D eigenvalue weighted by Gasteiger charge is 2.14. The first-order chi connectivity index (χ1) is 7.68. The lowest BCUT2D eigenvalue weighted by molar-refractivity contribution is 0.735. The summed E-state index contributed by atoms with van der Waals surface area (Å²) in [6, 6.07) is 3.93. The minimum absolute atomic E-state index is 0.0337. The number of hydrogen-bond acceptors (Lipinski definition) is 3. The zero-order valence-corrected chi connectivity index (χ0v) is 10.6. The van der Waals surface area contributed by atoms with Gasteiger partial charge in [-0.1, -0.05) is 11.6 Å². The summed E-state index contributed by atoms with van der Waals surface area (Å²) in [6.07, 6.45) is 4.36. The lowest BCUT2D eigenvalue weighted by Gasteiger charge is -2.10. The summed E-state index contributed by atoms with van der Waals surface area (Å²) in [4.78, 5) is 5.05. The Kier molecular flexibility index (Phi) is 3.59. The summed E-state index contributed by atoms with van der Waals surface area (Å²) in [6.45, 7) is 2.00. The maximum Gasteiger partial charge on any atom is 0.0590 e. The number of halogens is 1. The second kappa shape index (κ2) is 4.95. The molecule has 0 saturated heterocycles. The molecule has 84 valence electrons. The van der Waals surface area contributed by atoms with Crippen molar-refractivity contribution in [3.8, 4) is 0 Å². The molecule has 2 nitrogen and oxygen atoms in total. The van der Waals surface area contributed by atoms with Crippen molar-refractivity contribution < 1.29 is 0 Å². The minimum Gasteiger partial charge on any atom is -0.323 e. The summed E-state index contributed by atoms with van der Waals surface area (Å²) < 4.78 is 0. The molecule has 4 heteroatoms. The Morgan fingerprint density at radius 2 is 2.12 bits per heavy atom. The van der Waals surface area contributed by atoms with Crippen molar-refractivity contribution in [3.63, 3.8) is 0 Å². The molecule has 2 N–H and O–H groups in total. The Hall–Kier alpha value is -0.900. The summed E-state index contributed by atoms with van der Waals surface area (Å²) in [5.41, 5.74) is 8.44. The van der Waals surface area contributed by atoms with Gasteiger partial charge in [0.05, 0.1) is 5.02 Å².